The van der Waals surface area contributed by atoms with Crippen LogP contribution in [0.1, 0.15) is 73.7 Å². The molecule has 0 saturated heterocycles. The van der Waals surface area contributed by atoms with Gasteiger partial charge in [0.25, 0.3) is 5.91 Å². The molecule has 3 aliphatic carbocycles. The van der Waals surface area contributed by atoms with E-state index >= 15 is 0 Å². The van der Waals surface area contributed by atoms with E-state index in [0.29, 0.717) is 24.8 Å². The third kappa shape index (κ3) is 4.41. The van der Waals surface area contributed by atoms with E-state index in [0.717, 1.165) is 30.9 Å². The van der Waals surface area contributed by atoms with Gasteiger partial charge in [-0.1, -0.05) is 12.1 Å². The maximum atomic E-state index is 13.9. The molecule has 1 aromatic carbocycles. The molecule has 3 saturated carbocycles. The first-order valence-electron chi connectivity index (χ1n) is 9.83. The molecule has 0 aromatic heterocycles. The lowest BCUT2D eigenvalue weighted by Gasteiger charge is -2.31. The monoisotopic (exact) mass is 344 g/mol. The van der Waals surface area contributed by atoms with Crippen LogP contribution in [0.3, 0.4) is 0 Å². The zero-order valence-corrected chi connectivity index (χ0v) is 15.1. The highest BCUT2D eigenvalue weighted by Crippen LogP contribution is 2.42. The molecule has 3 aliphatic rings. The molecule has 4 heteroatoms. The predicted octanol–water partition coefficient (Wildman–Crippen LogP) is 3.94. The van der Waals surface area contributed by atoms with Gasteiger partial charge in [0.1, 0.15) is 5.67 Å². The van der Waals surface area contributed by atoms with Crippen LogP contribution >= 0.6 is 0 Å². The van der Waals surface area contributed by atoms with Crippen LogP contribution < -0.4 is 10.6 Å². The van der Waals surface area contributed by atoms with Gasteiger partial charge in [0.15, 0.2) is 0 Å². The van der Waals surface area contributed by atoms with Crippen LogP contribution in [0.4, 0.5) is 4.39 Å². The number of carbonyl (C=O) groups excluding carboxylic acids is 1. The van der Waals surface area contributed by atoms with Crippen molar-refractivity contribution in [2.45, 2.75) is 75.5 Å². The highest BCUT2D eigenvalue weighted by molar-refractivity contribution is 5.94. The molecule has 3 nitrogen and oxygen atoms in total. The van der Waals surface area contributed by atoms with Gasteiger partial charge in [-0.05, 0) is 82.0 Å². The molecule has 0 aliphatic heterocycles. The molecule has 136 valence electrons. The zero-order valence-electron chi connectivity index (χ0n) is 15.1. The van der Waals surface area contributed by atoms with Gasteiger partial charge in [-0.15, -0.1) is 0 Å². The van der Waals surface area contributed by atoms with Gasteiger partial charge in [0, 0.05) is 23.6 Å². The SMILES string of the molecule is CC1(F)CCC(NC(=O)c2cccc(C3CC3NCC3CC3)c2)CC1. The lowest BCUT2D eigenvalue weighted by Crippen LogP contribution is -2.40. The maximum absolute atomic E-state index is 13.9. The summed E-state index contributed by atoms with van der Waals surface area (Å²) in [4.78, 5) is 12.6. The first kappa shape index (κ1) is 17.0. The fourth-order valence-corrected chi connectivity index (χ4v) is 3.97. The second kappa shape index (κ2) is 6.71. The summed E-state index contributed by atoms with van der Waals surface area (Å²) in [7, 11) is 0. The van der Waals surface area contributed by atoms with E-state index in [1.165, 1.54) is 24.8 Å². The van der Waals surface area contributed by atoms with Gasteiger partial charge in [-0.2, -0.15) is 0 Å². The van der Waals surface area contributed by atoms with E-state index in [2.05, 4.69) is 16.7 Å². The third-order valence-corrected chi connectivity index (χ3v) is 6.10. The summed E-state index contributed by atoms with van der Waals surface area (Å²) in [6.45, 7) is 2.81. The lowest BCUT2D eigenvalue weighted by molar-refractivity contribution is 0.0850. The Hall–Kier alpha value is -1.42. The first-order valence-corrected chi connectivity index (χ1v) is 9.83. The van der Waals surface area contributed by atoms with E-state index in [1.54, 1.807) is 6.92 Å². The molecule has 2 N–H and O–H groups in total. The molecule has 0 heterocycles. The first-order chi connectivity index (χ1) is 12.0. The molecular formula is C21H29FN2O. The molecule has 3 fully saturated rings. The number of benzene rings is 1. The van der Waals surface area contributed by atoms with Gasteiger partial charge in [-0.25, -0.2) is 4.39 Å². The minimum absolute atomic E-state index is 0.0162. The van der Waals surface area contributed by atoms with Crippen LogP contribution in [0.2, 0.25) is 0 Å². The summed E-state index contributed by atoms with van der Waals surface area (Å²) in [5.74, 6) is 1.44. The summed E-state index contributed by atoms with van der Waals surface area (Å²) in [5.41, 5.74) is 0.940. The van der Waals surface area contributed by atoms with Crippen molar-refractivity contribution in [1.29, 1.82) is 0 Å². The fourth-order valence-electron chi connectivity index (χ4n) is 3.97. The van der Waals surface area contributed by atoms with Crippen LogP contribution in [0.25, 0.3) is 0 Å². The Morgan fingerprint density at radius 2 is 2.00 bits per heavy atom. The summed E-state index contributed by atoms with van der Waals surface area (Å²) in [5, 5.41) is 6.75. The molecule has 0 spiro atoms. The van der Waals surface area contributed by atoms with Crippen molar-refractivity contribution in [2.75, 3.05) is 6.54 Å². The number of alkyl halides is 1. The summed E-state index contributed by atoms with van der Waals surface area (Å²) < 4.78 is 13.9. The van der Waals surface area contributed by atoms with Crippen molar-refractivity contribution in [3.63, 3.8) is 0 Å². The molecular weight excluding hydrogens is 315 g/mol. The van der Waals surface area contributed by atoms with Crippen molar-refractivity contribution >= 4 is 5.91 Å². The fraction of sp³-hybridized carbons (Fsp3) is 0.667. The number of amides is 1. The Balaban J connectivity index is 1.31. The molecule has 2 atom stereocenters. The van der Waals surface area contributed by atoms with Crippen molar-refractivity contribution in [3.8, 4) is 0 Å². The van der Waals surface area contributed by atoms with Crippen LogP contribution in [-0.4, -0.2) is 30.2 Å². The Morgan fingerprint density at radius 3 is 2.72 bits per heavy atom. The standard InChI is InChI=1S/C21H29FN2O/c1-21(22)9-7-17(8-10-21)24-20(25)16-4-2-3-15(11-16)18-12-19(18)23-13-14-5-6-14/h2-4,11,14,17-19,23H,5-10,12-13H2,1H3,(H,24,25). The van der Waals surface area contributed by atoms with Crippen molar-refractivity contribution in [1.82, 2.24) is 10.6 Å². The van der Waals surface area contributed by atoms with Crippen LogP contribution in [0.15, 0.2) is 24.3 Å². The van der Waals surface area contributed by atoms with E-state index in [-0.39, 0.29) is 11.9 Å². The second-order valence-corrected chi connectivity index (χ2v) is 8.59. The molecule has 1 aromatic rings. The molecule has 4 rings (SSSR count). The van der Waals surface area contributed by atoms with E-state index in [1.807, 2.05) is 18.2 Å². The van der Waals surface area contributed by atoms with Gasteiger partial charge >= 0.3 is 0 Å². The average molecular weight is 344 g/mol. The Morgan fingerprint density at radius 1 is 1.24 bits per heavy atom. The smallest absolute Gasteiger partial charge is 0.251 e. The zero-order chi connectivity index (χ0) is 17.4. The molecule has 0 bridgehead atoms. The number of hydrogen-bond donors (Lipinski definition) is 2. The third-order valence-electron chi connectivity index (χ3n) is 6.10. The maximum Gasteiger partial charge on any atom is 0.251 e. The topological polar surface area (TPSA) is 41.1 Å². The number of carbonyl (C=O) groups is 1. The highest BCUT2D eigenvalue weighted by Gasteiger charge is 2.39. The second-order valence-electron chi connectivity index (χ2n) is 8.59. The lowest BCUT2D eigenvalue weighted by atomic mass is 9.85. The average Bonchev–Trinajstić information content (AvgIpc) is 3.49. The van der Waals surface area contributed by atoms with E-state index < -0.39 is 5.67 Å². The van der Waals surface area contributed by atoms with Gasteiger partial charge in [0.05, 0.1) is 0 Å². The predicted molar refractivity (Wildman–Crippen MR) is 97.5 cm³/mol. The number of halogens is 1. The summed E-state index contributed by atoms with van der Waals surface area (Å²) >= 11 is 0. The van der Waals surface area contributed by atoms with Crippen LogP contribution in [-0.2, 0) is 0 Å². The summed E-state index contributed by atoms with van der Waals surface area (Å²) in [6, 6.07) is 8.74. The van der Waals surface area contributed by atoms with Crippen molar-refractivity contribution in [3.05, 3.63) is 35.4 Å². The highest BCUT2D eigenvalue weighted by atomic mass is 19.1. The molecule has 25 heavy (non-hydrogen) atoms. The Bertz CT molecular complexity index is 631. The molecule has 0 radical (unpaired) electrons. The number of rotatable bonds is 6. The van der Waals surface area contributed by atoms with Gasteiger partial charge < -0.3 is 10.6 Å². The number of nitrogens with one attached hydrogen (secondary N) is 2. The Kier molecular flexibility index (Phi) is 4.57. The molecule has 1 amide bonds. The van der Waals surface area contributed by atoms with Crippen LogP contribution in [0, 0.1) is 5.92 Å². The quantitative estimate of drug-likeness (QED) is 0.821. The normalized spacial score (nSPS) is 34.6. The largest absolute Gasteiger partial charge is 0.349 e. The minimum Gasteiger partial charge on any atom is -0.349 e. The van der Waals surface area contributed by atoms with Gasteiger partial charge in [-0.3, -0.25) is 4.79 Å². The van der Waals surface area contributed by atoms with Gasteiger partial charge in [0.2, 0.25) is 0 Å². The number of hydrogen-bond acceptors (Lipinski definition) is 2. The van der Waals surface area contributed by atoms with Crippen molar-refractivity contribution < 1.29 is 9.18 Å². The van der Waals surface area contributed by atoms with Crippen LogP contribution in [0.5, 0.6) is 0 Å². The molecule has 2 unspecified atom stereocenters. The summed E-state index contributed by atoms with van der Waals surface area (Å²) in [6.07, 6.45) is 6.46. The Labute approximate surface area is 149 Å². The minimum atomic E-state index is -1.06. The van der Waals surface area contributed by atoms with E-state index in [9.17, 15) is 9.18 Å². The van der Waals surface area contributed by atoms with Crippen molar-refractivity contribution in [2.24, 2.45) is 5.92 Å². The van der Waals surface area contributed by atoms with E-state index in [4.69, 9.17) is 0 Å².